The Bertz CT molecular complexity index is 699. The zero-order valence-electron chi connectivity index (χ0n) is 14.7. The Labute approximate surface area is 148 Å². The summed E-state index contributed by atoms with van der Waals surface area (Å²) in [6, 6.07) is 15.1. The van der Waals surface area contributed by atoms with Crippen LogP contribution in [0.25, 0.3) is 0 Å². The van der Waals surface area contributed by atoms with Crippen molar-refractivity contribution in [1.29, 1.82) is 0 Å². The van der Waals surface area contributed by atoms with Crippen molar-refractivity contribution in [2.24, 2.45) is 5.10 Å². The Morgan fingerprint density at radius 1 is 1.08 bits per heavy atom. The van der Waals surface area contributed by atoms with E-state index in [2.05, 4.69) is 17.5 Å². The van der Waals surface area contributed by atoms with Gasteiger partial charge in [-0.2, -0.15) is 5.10 Å². The van der Waals surface area contributed by atoms with E-state index in [9.17, 15) is 4.79 Å². The van der Waals surface area contributed by atoms with Crippen molar-refractivity contribution in [1.82, 2.24) is 5.43 Å². The molecule has 2 aromatic rings. The first kappa shape index (κ1) is 18.5. The van der Waals surface area contributed by atoms with E-state index in [0.29, 0.717) is 31.1 Å². The standard InChI is InChI=1S/C20H24N2O3/c1-3-12-25-18-11-10-17(13-19(18)24-4-2)15-21-22-20(23)14-16-8-6-5-7-9-16/h5-11,13,15H,3-4,12,14H2,1-2H3,(H,22,23)/b21-15-. The molecule has 2 rings (SSSR count). The van der Waals surface area contributed by atoms with Crippen LogP contribution in [0.2, 0.25) is 0 Å². The minimum atomic E-state index is -0.157. The highest BCUT2D eigenvalue weighted by Crippen LogP contribution is 2.28. The molecule has 0 aliphatic heterocycles. The second-order valence-electron chi connectivity index (χ2n) is 5.44. The lowest BCUT2D eigenvalue weighted by Gasteiger charge is -2.11. The monoisotopic (exact) mass is 340 g/mol. The van der Waals surface area contributed by atoms with Gasteiger partial charge in [-0.3, -0.25) is 4.79 Å². The molecule has 0 unspecified atom stereocenters. The molecular weight excluding hydrogens is 316 g/mol. The maximum absolute atomic E-state index is 11.9. The van der Waals surface area contributed by atoms with Crippen LogP contribution >= 0.6 is 0 Å². The van der Waals surface area contributed by atoms with Gasteiger partial charge >= 0.3 is 0 Å². The number of ether oxygens (including phenoxy) is 2. The summed E-state index contributed by atoms with van der Waals surface area (Å²) in [6.07, 6.45) is 2.82. The first-order chi connectivity index (χ1) is 12.2. The number of hydrogen-bond donors (Lipinski definition) is 1. The average Bonchev–Trinajstić information content (AvgIpc) is 2.62. The first-order valence-corrected chi connectivity index (χ1v) is 8.48. The molecule has 5 heteroatoms. The number of carbonyl (C=O) groups excluding carboxylic acids is 1. The van der Waals surface area contributed by atoms with E-state index in [4.69, 9.17) is 9.47 Å². The van der Waals surface area contributed by atoms with Gasteiger partial charge in [-0.1, -0.05) is 37.3 Å². The van der Waals surface area contributed by atoms with Crippen LogP contribution in [0.1, 0.15) is 31.4 Å². The van der Waals surface area contributed by atoms with Crippen LogP contribution in [-0.4, -0.2) is 25.3 Å². The van der Waals surface area contributed by atoms with Crippen molar-refractivity contribution < 1.29 is 14.3 Å². The van der Waals surface area contributed by atoms with Crippen LogP contribution in [0.15, 0.2) is 53.6 Å². The number of nitrogens with zero attached hydrogens (tertiary/aromatic N) is 1. The van der Waals surface area contributed by atoms with Crippen molar-refractivity contribution in [3.8, 4) is 11.5 Å². The van der Waals surface area contributed by atoms with Gasteiger partial charge in [-0.25, -0.2) is 5.43 Å². The summed E-state index contributed by atoms with van der Waals surface area (Å²) in [7, 11) is 0. The van der Waals surface area contributed by atoms with Crippen molar-refractivity contribution in [2.45, 2.75) is 26.7 Å². The summed E-state index contributed by atoms with van der Waals surface area (Å²) in [4.78, 5) is 11.9. The Morgan fingerprint density at radius 2 is 1.88 bits per heavy atom. The van der Waals surface area contributed by atoms with E-state index in [-0.39, 0.29) is 5.91 Å². The van der Waals surface area contributed by atoms with E-state index >= 15 is 0 Å². The molecule has 0 radical (unpaired) electrons. The molecule has 5 nitrogen and oxygen atoms in total. The number of hydrogen-bond acceptors (Lipinski definition) is 4. The molecule has 0 fully saturated rings. The highest BCUT2D eigenvalue weighted by molar-refractivity contribution is 5.84. The van der Waals surface area contributed by atoms with Crippen molar-refractivity contribution in [2.75, 3.05) is 13.2 Å². The van der Waals surface area contributed by atoms with Crippen LogP contribution in [0.4, 0.5) is 0 Å². The molecule has 0 aliphatic rings. The molecule has 1 amide bonds. The van der Waals surface area contributed by atoms with Gasteiger partial charge in [-0.15, -0.1) is 0 Å². The molecule has 0 heterocycles. The summed E-state index contributed by atoms with van der Waals surface area (Å²) in [5.41, 5.74) is 4.31. The minimum absolute atomic E-state index is 0.157. The van der Waals surface area contributed by atoms with E-state index in [0.717, 1.165) is 17.5 Å². The van der Waals surface area contributed by atoms with Gasteiger partial charge in [-0.05, 0) is 42.7 Å². The zero-order chi connectivity index (χ0) is 17.9. The molecule has 0 atom stereocenters. The van der Waals surface area contributed by atoms with Gasteiger partial charge in [0.15, 0.2) is 11.5 Å². The van der Waals surface area contributed by atoms with E-state index in [1.165, 1.54) is 0 Å². The fourth-order valence-electron chi connectivity index (χ4n) is 2.20. The van der Waals surface area contributed by atoms with Gasteiger partial charge in [0.1, 0.15) is 0 Å². The summed E-state index contributed by atoms with van der Waals surface area (Å²) in [5, 5.41) is 4.01. The number of carbonyl (C=O) groups is 1. The lowest BCUT2D eigenvalue weighted by molar-refractivity contribution is -0.120. The fraction of sp³-hybridized carbons (Fsp3) is 0.300. The quantitative estimate of drug-likeness (QED) is 0.561. The number of hydrazone groups is 1. The largest absolute Gasteiger partial charge is 0.490 e. The molecule has 0 aromatic heterocycles. The van der Waals surface area contributed by atoms with Crippen LogP contribution < -0.4 is 14.9 Å². The molecule has 0 saturated carbocycles. The number of rotatable bonds is 9. The molecule has 0 bridgehead atoms. The molecule has 132 valence electrons. The van der Waals surface area contributed by atoms with Crippen LogP contribution in [0.5, 0.6) is 11.5 Å². The minimum Gasteiger partial charge on any atom is -0.490 e. The van der Waals surface area contributed by atoms with Gasteiger partial charge in [0.2, 0.25) is 5.91 Å². The van der Waals surface area contributed by atoms with Crippen LogP contribution in [0.3, 0.4) is 0 Å². The molecule has 0 saturated heterocycles. The molecular formula is C20H24N2O3. The predicted molar refractivity (Wildman–Crippen MR) is 99.3 cm³/mol. The third-order valence-electron chi connectivity index (χ3n) is 3.34. The second kappa shape index (κ2) is 10.1. The van der Waals surface area contributed by atoms with Crippen LogP contribution in [0, 0.1) is 0 Å². The predicted octanol–water partition coefficient (Wildman–Crippen LogP) is 3.57. The summed E-state index contributed by atoms with van der Waals surface area (Å²) >= 11 is 0. The maximum Gasteiger partial charge on any atom is 0.244 e. The van der Waals surface area contributed by atoms with E-state index in [1.807, 2.05) is 55.5 Å². The maximum atomic E-state index is 11.9. The highest BCUT2D eigenvalue weighted by atomic mass is 16.5. The van der Waals surface area contributed by atoms with Crippen molar-refractivity contribution in [3.63, 3.8) is 0 Å². The zero-order valence-corrected chi connectivity index (χ0v) is 14.7. The van der Waals surface area contributed by atoms with Gasteiger partial charge in [0.25, 0.3) is 0 Å². The second-order valence-corrected chi connectivity index (χ2v) is 5.44. The van der Waals surface area contributed by atoms with E-state index in [1.54, 1.807) is 6.21 Å². The SMILES string of the molecule is CCCOc1ccc(/C=N\NC(=O)Cc2ccccc2)cc1OCC. The Kier molecular flexibility index (Phi) is 7.50. The topological polar surface area (TPSA) is 59.9 Å². The molecule has 25 heavy (non-hydrogen) atoms. The summed E-state index contributed by atoms with van der Waals surface area (Å²) in [6.45, 7) is 5.17. The van der Waals surface area contributed by atoms with Gasteiger partial charge < -0.3 is 9.47 Å². The number of benzene rings is 2. The van der Waals surface area contributed by atoms with Crippen molar-refractivity contribution in [3.05, 3.63) is 59.7 Å². The molecule has 1 N–H and O–H groups in total. The van der Waals surface area contributed by atoms with Crippen LogP contribution in [-0.2, 0) is 11.2 Å². The lowest BCUT2D eigenvalue weighted by atomic mass is 10.1. The van der Waals surface area contributed by atoms with Gasteiger partial charge in [0.05, 0.1) is 25.8 Å². The number of amides is 1. The number of nitrogens with one attached hydrogen (secondary N) is 1. The fourth-order valence-corrected chi connectivity index (χ4v) is 2.20. The first-order valence-electron chi connectivity index (χ1n) is 8.48. The Morgan fingerprint density at radius 3 is 2.60 bits per heavy atom. The third-order valence-corrected chi connectivity index (χ3v) is 3.34. The Hall–Kier alpha value is -2.82. The highest BCUT2D eigenvalue weighted by Gasteiger charge is 2.06. The summed E-state index contributed by atoms with van der Waals surface area (Å²) in [5.74, 6) is 1.24. The summed E-state index contributed by atoms with van der Waals surface area (Å²) < 4.78 is 11.3. The average molecular weight is 340 g/mol. The molecule has 0 aliphatic carbocycles. The van der Waals surface area contributed by atoms with Gasteiger partial charge in [0, 0.05) is 0 Å². The molecule has 0 spiro atoms. The third kappa shape index (κ3) is 6.30. The van der Waals surface area contributed by atoms with Crippen molar-refractivity contribution >= 4 is 12.1 Å². The lowest BCUT2D eigenvalue weighted by Crippen LogP contribution is -2.19. The molecule has 2 aromatic carbocycles. The normalized spacial score (nSPS) is 10.6. The smallest absolute Gasteiger partial charge is 0.244 e. The Balaban J connectivity index is 1.95. The van der Waals surface area contributed by atoms with E-state index < -0.39 is 0 Å².